The van der Waals surface area contributed by atoms with Gasteiger partial charge in [-0.15, -0.1) is 0 Å². The summed E-state index contributed by atoms with van der Waals surface area (Å²) in [4.78, 5) is 12.4. The molecule has 0 fully saturated rings. The Balaban J connectivity index is 2.52. The maximum atomic E-state index is 10.9. The third kappa shape index (κ3) is 1.29. The molecule has 0 aromatic heterocycles. The van der Waals surface area contributed by atoms with Crippen molar-refractivity contribution in [2.75, 3.05) is 6.54 Å². The van der Waals surface area contributed by atoms with Crippen LogP contribution in [0.5, 0.6) is 0 Å². The van der Waals surface area contributed by atoms with Crippen LogP contribution in [0.15, 0.2) is 12.0 Å². The van der Waals surface area contributed by atoms with Crippen LogP contribution in [0.3, 0.4) is 0 Å². The van der Waals surface area contributed by atoms with Gasteiger partial charge in [0.15, 0.2) is 0 Å². The second-order valence-corrected chi connectivity index (χ2v) is 2.38. The number of aliphatic hydroxyl groups excluding tert-OH is 1. The van der Waals surface area contributed by atoms with E-state index in [2.05, 4.69) is 0 Å². The number of hydrogen-bond acceptors (Lipinski definition) is 2. The minimum atomic E-state index is -0.000602. The molecule has 10 heavy (non-hydrogen) atoms. The average molecular weight is 141 g/mol. The first-order valence-corrected chi connectivity index (χ1v) is 3.43. The van der Waals surface area contributed by atoms with E-state index in [1.807, 2.05) is 6.92 Å². The van der Waals surface area contributed by atoms with Crippen LogP contribution in [-0.4, -0.2) is 22.5 Å². The summed E-state index contributed by atoms with van der Waals surface area (Å²) in [5.41, 5.74) is 0. The fourth-order valence-electron chi connectivity index (χ4n) is 0.984. The Morgan fingerprint density at radius 1 is 1.80 bits per heavy atom. The second-order valence-electron chi connectivity index (χ2n) is 2.38. The van der Waals surface area contributed by atoms with E-state index < -0.39 is 0 Å². The Morgan fingerprint density at radius 2 is 2.50 bits per heavy atom. The number of carbonyl (C=O) groups excluding carboxylic acids is 1. The molecule has 56 valence electrons. The van der Waals surface area contributed by atoms with Gasteiger partial charge >= 0.3 is 0 Å². The molecular weight excluding hydrogens is 130 g/mol. The lowest BCUT2D eigenvalue weighted by molar-refractivity contribution is -0.126. The summed E-state index contributed by atoms with van der Waals surface area (Å²) in [7, 11) is 0. The zero-order chi connectivity index (χ0) is 7.56. The molecule has 0 spiro atoms. The van der Waals surface area contributed by atoms with Crippen molar-refractivity contribution in [3.8, 4) is 0 Å². The van der Waals surface area contributed by atoms with E-state index in [0.717, 1.165) is 6.42 Å². The van der Waals surface area contributed by atoms with Gasteiger partial charge in [0, 0.05) is 12.7 Å². The minimum Gasteiger partial charge on any atom is -0.510 e. The van der Waals surface area contributed by atoms with E-state index in [1.165, 1.54) is 6.20 Å². The maximum Gasteiger partial charge on any atom is 0.234 e. The molecule has 1 rings (SSSR count). The molecule has 0 aliphatic carbocycles. The maximum absolute atomic E-state index is 10.9. The number of nitrogens with zero attached hydrogens (tertiary/aromatic N) is 1. The predicted molar refractivity (Wildman–Crippen MR) is 37.3 cm³/mol. The van der Waals surface area contributed by atoms with Crippen LogP contribution in [0.2, 0.25) is 0 Å². The van der Waals surface area contributed by atoms with Gasteiger partial charge in [0.2, 0.25) is 5.91 Å². The summed E-state index contributed by atoms with van der Waals surface area (Å²) in [5.74, 6) is 0.179. The third-order valence-electron chi connectivity index (χ3n) is 1.42. The number of aliphatic hydroxyl groups is 1. The van der Waals surface area contributed by atoms with E-state index in [4.69, 9.17) is 5.11 Å². The molecule has 3 nitrogen and oxygen atoms in total. The molecule has 0 saturated heterocycles. The summed E-state index contributed by atoms with van der Waals surface area (Å²) < 4.78 is 0. The van der Waals surface area contributed by atoms with Crippen LogP contribution in [0.1, 0.15) is 19.8 Å². The Morgan fingerprint density at radius 3 is 2.90 bits per heavy atom. The van der Waals surface area contributed by atoms with Crippen LogP contribution in [-0.2, 0) is 4.79 Å². The van der Waals surface area contributed by atoms with Gasteiger partial charge in [-0.05, 0) is 6.42 Å². The lowest BCUT2D eigenvalue weighted by atomic mass is 10.4. The molecule has 0 atom stereocenters. The molecule has 0 radical (unpaired) electrons. The van der Waals surface area contributed by atoms with Crippen LogP contribution in [0, 0.1) is 0 Å². The molecule has 1 heterocycles. The Bertz CT molecular complexity index is 174. The van der Waals surface area contributed by atoms with Gasteiger partial charge in [-0.25, -0.2) is 0 Å². The Labute approximate surface area is 59.9 Å². The van der Waals surface area contributed by atoms with Crippen LogP contribution in [0.4, 0.5) is 0 Å². The molecule has 0 saturated carbocycles. The number of carbonyl (C=O) groups is 1. The SMILES string of the molecule is CCCN1C=C(O)CC1=O. The molecule has 1 N–H and O–H groups in total. The smallest absolute Gasteiger partial charge is 0.234 e. The highest BCUT2D eigenvalue weighted by Crippen LogP contribution is 2.12. The highest BCUT2D eigenvalue weighted by atomic mass is 16.3. The topological polar surface area (TPSA) is 40.5 Å². The van der Waals surface area contributed by atoms with Crippen molar-refractivity contribution in [1.82, 2.24) is 4.90 Å². The van der Waals surface area contributed by atoms with E-state index >= 15 is 0 Å². The third-order valence-corrected chi connectivity index (χ3v) is 1.42. The molecule has 3 heteroatoms. The van der Waals surface area contributed by atoms with E-state index in [0.29, 0.717) is 6.54 Å². The molecule has 0 aromatic carbocycles. The zero-order valence-electron chi connectivity index (χ0n) is 6.00. The lowest BCUT2D eigenvalue weighted by Crippen LogP contribution is -2.21. The van der Waals surface area contributed by atoms with Gasteiger partial charge in [-0.2, -0.15) is 0 Å². The molecule has 1 aliphatic rings. The Hall–Kier alpha value is -0.990. The van der Waals surface area contributed by atoms with Crippen molar-refractivity contribution in [2.24, 2.45) is 0 Å². The minimum absolute atomic E-state index is 0.000602. The molecule has 0 bridgehead atoms. The fourth-order valence-corrected chi connectivity index (χ4v) is 0.984. The number of amides is 1. The summed E-state index contributed by atoms with van der Waals surface area (Å²) in [6.07, 6.45) is 2.61. The van der Waals surface area contributed by atoms with Crippen molar-refractivity contribution in [2.45, 2.75) is 19.8 Å². The van der Waals surface area contributed by atoms with E-state index in [-0.39, 0.29) is 18.1 Å². The zero-order valence-corrected chi connectivity index (χ0v) is 6.00. The molecular formula is C7H11NO2. The van der Waals surface area contributed by atoms with Crippen LogP contribution >= 0.6 is 0 Å². The van der Waals surface area contributed by atoms with Gasteiger partial charge in [0.1, 0.15) is 5.76 Å². The monoisotopic (exact) mass is 141 g/mol. The summed E-state index contributed by atoms with van der Waals surface area (Å²) in [6, 6.07) is 0. The molecule has 1 aliphatic heterocycles. The highest BCUT2D eigenvalue weighted by Gasteiger charge is 2.19. The number of hydrogen-bond donors (Lipinski definition) is 1. The second kappa shape index (κ2) is 2.73. The quantitative estimate of drug-likeness (QED) is 0.623. The largest absolute Gasteiger partial charge is 0.510 e. The highest BCUT2D eigenvalue weighted by molar-refractivity contribution is 5.82. The fraction of sp³-hybridized carbons (Fsp3) is 0.571. The summed E-state index contributed by atoms with van der Waals surface area (Å²) >= 11 is 0. The molecule has 0 unspecified atom stereocenters. The Kier molecular flexibility index (Phi) is 1.94. The van der Waals surface area contributed by atoms with Crippen molar-refractivity contribution in [1.29, 1.82) is 0 Å². The van der Waals surface area contributed by atoms with Gasteiger partial charge in [-0.3, -0.25) is 4.79 Å². The summed E-state index contributed by atoms with van der Waals surface area (Å²) in [5, 5.41) is 8.90. The van der Waals surface area contributed by atoms with E-state index in [1.54, 1.807) is 4.90 Å². The van der Waals surface area contributed by atoms with Gasteiger partial charge < -0.3 is 10.0 Å². The predicted octanol–water partition coefficient (Wildman–Crippen LogP) is 1.03. The van der Waals surface area contributed by atoms with Gasteiger partial charge in [-0.1, -0.05) is 6.92 Å². The van der Waals surface area contributed by atoms with Crippen molar-refractivity contribution < 1.29 is 9.90 Å². The van der Waals surface area contributed by atoms with Crippen LogP contribution in [0.25, 0.3) is 0 Å². The number of rotatable bonds is 2. The van der Waals surface area contributed by atoms with Crippen molar-refractivity contribution in [3.05, 3.63) is 12.0 Å². The van der Waals surface area contributed by atoms with Crippen molar-refractivity contribution in [3.63, 3.8) is 0 Å². The lowest BCUT2D eigenvalue weighted by Gasteiger charge is -2.09. The first-order valence-electron chi connectivity index (χ1n) is 3.43. The normalized spacial score (nSPS) is 17.9. The molecule has 1 amide bonds. The molecule has 0 aromatic rings. The standard InChI is InChI=1S/C7H11NO2/c1-2-3-8-5-6(9)4-7(8)10/h5,9H,2-4H2,1H3. The van der Waals surface area contributed by atoms with Crippen molar-refractivity contribution >= 4 is 5.91 Å². The van der Waals surface area contributed by atoms with E-state index in [9.17, 15) is 4.79 Å². The summed E-state index contributed by atoms with van der Waals surface area (Å²) in [6.45, 7) is 2.71. The first kappa shape index (κ1) is 7.12. The van der Waals surface area contributed by atoms with Crippen LogP contribution < -0.4 is 0 Å². The van der Waals surface area contributed by atoms with Gasteiger partial charge in [0.25, 0.3) is 0 Å². The average Bonchev–Trinajstić information content (AvgIpc) is 2.13. The van der Waals surface area contributed by atoms with Gasteiger partial charge in [0.05, 0.1) is 6.42 Å². The first-order chi connectivity index (χ1) is 4.74.